The van der Waals surface area contributed by atoms with Crippen LogP contribution in [0, 0.1) is 0 Å². The fourth-order valence-corrected chi connectivity index (χ4v) is 9.47. The summed E-state index contributed by atoms with van der Waals surface area (Å²) in [5.74, 6) is -0.527. The lowest BCUT2D eigenvalue weighted by Gasteiger charge is -2.31. The lowest BCUT2D eigenvalue weighted by Crippen LogP contribution is -2.24. The summed E-state index contributed by atoms with van der Waals surface area (Å²) in [6, 6.07) is 33.0. The standard InChI is InChI=1S/C64H96O8/c1-7-13-16-19-22-34-46-55(37-10-4)67-62(51-40-28-25-29-41-51)70-58-49-54(61(65)66)50-59(71-63(52-42-30-26-31-43-52)68-56(38-11-5)47-35-23-20-17-14-8-2)60(58)72-64(53-44-32-27-33-45-53)69-57(39-12-6)48-36-24-21-18-15-9-3/h25-33,40-45,49-50,55-57,62-64H,7-24,34-39,46-48H2,1-6H3,(H,65,66). The summed E-state index contributed by atoms with van der Waals surface area (Å²) >= 11 is 0. The fourth-order valence-electron chi connectivity index (χ4n) is 9.47. The van der Waals surface area contributed by atoms with Crippen molar-refractivity contribution in [1.29, 1.82) is 0 Å². The lowest BCUT2D eigenvalue weighted by atomic mass is 10.0. The maximum Gasteiger partial charge on any atom is 0.335 e. The highest BCUT2D eigenvalue weighted by Crippen LogP contribution is 2.46. The fraction of sp³-hybridized carbons (Fsp3) is 0.609. The number of rotatable bonds is 43. The van der Waals surface area contributed by atoms with Crippen molar-refractivity contribution >= 4 is 5.97 Å². The van der Waals surface area contributed by atoms with Gasteiger partial charge in [0.25, 0.3) is 0 Å². The number of hydrogen-bond acceptors (Lipinski definition) is 7. The number of benzene rings is 4. The summed E-state index contributed by atoms with van der Waals surface area (Å²) in [7, 11) is 0. The maximum atomic E-state index is 13.3. The normalized spacial score (nSPS) is 14.0. The number of carbonyl (C=O) groups is 1. The molecule has 8 nitrogen and oxygen atoms in total. The second-order valence-electron chi connectivity index (χ2n) is 20.0. The van der Waals surface area contributed by atoms with Gasteiger partial charge in [-0.15, -0.1) is 0 Å². The van der Waals surface area contributed by atoms with Crippen LogP contribution in [0.25, 0.3) is 0 Å². The quantitative estimate of drug-likeness (QED) is 0.0346. The Morgan fingerprint density at radius 1 is 0.375 bits per heavy atom. The van der Waals surface area contributed by atoms with Gasteiger partial charge in [-0.1, -0.05) is 267 Å². The van der Waals surface area contributed by atoms with Crippen LogP contribution in [0.15, 0.2) is 103 Å². The number of unbranched alkanes of at least 4 members (excludes halogenated alkanes) is 15. The largest absolute Gasteiger partial charge is 0.478 e. The Kier molecular flexibility index (Phi) is 31.2. The number of ether oxygens (including phenoxy) is 6. The van der Waals surface area contributed by atoms with Crippen LogP contribution >= 0.6 is 0 Å². The minimum Gasteiger partial charge on any atom is -0.478 e. The molecule has 6 unspecified atom stereocenters. The Hall–Kier alpha value is -4.37. The molecule has 0 aromatic heterocycles. The molecule has 4 rings (SSSR count). The van der Waals surface area contributed by atoms with Crippen molar-refractivity contribution in [1.82, 2.24) is 0 Å². The van der Waals surface area contributed by atoms with Crippen molar-refractivity contribution in [3.63, 3.8) is 0 Å². The molecule has 0 bridgehead atoms. The van der Waals surface area contributed by atoms with Crippen molar-refractivity contribution in [3.05, 3.63) is 125 Å². The topological polar surface area (TPSA) is 92.7 Å². The van der Waals surface area contributed by atoms with E-state index < -0.39 is 24.8 Å². The summed E-state index contributed by atoms with van der Waals surface area (Å²) in [4.78, 5) is 13.3. The highest BCUT2D eigenvalue weighted by atomic mass is 16.7. The van der Waals surface area contributed by atoms with Crippen LogP contribution in [0.2, 0.25) is 0 Å². The van der Waals surface area contributed by atoms with Crippen LogP contribution < -0.4 is 14.2 Å². The molecule has 72 heavy (non-hydrogen) atoms. The van der Waals surface area contributed by atoms with Gasteiger partial charge >= 0.3 is 5.97 Å². The number of carboxylic acids is 1. The molecule has 400 valence electrons. The number of hydrogen-bond donors (Lipinski definition) is 1. The second-order valence-corrected chi connectivity index (χ2v) is 20.0. The van der Waals surface area contributed by atoms with E-state index in [-0.39, 0.29) is 41.1 Å². The zero-order chi connectivity index (χ0) is 51.4. The molecular formula is C64H96O8. The van der Waals surface area contributed by atoms with Crippen molar-refractivity contribution in [2.24, 2.45) is 0 Å². The molecular weight excluding hydrogens is 897 g/mol. The van der Waals surface area contributed by atoms with E-state index in [2.05, 4.69) is 41.5 Å². The molecule has 0 radical (unpaired) electrons. The maximum absolute atomic E-state index is 13.3. The molecule has 0 heterocycles. The van der Waals surface area contributed by atoms with Crippen molar-refractivity contribution in [2.75, 3.05) is 0 Å². The number of carboxylic acid groups (broad SMARTS) is 1. The third kappa shape index (κ3) is 23.2. The summed E-state index contributed by atoms with van der Waals surface area (Å²) in [5.41, 5.74) is 2.45. The van der Waals surface area contributed by atoms with E-state index in [1.807, 2.05) is 91.0 Å². The molecule has 4 aromatic rings. The lowest BCUT2D eigenvalue weighted by molar-refractivity contribution is -0.146. The average Bonchev–Trinajstić information content (AvgIpc) is 3.40. The summed E-state index contributed by atoms with van der Waals surface area (Å²) < 4.78 is 42.7. The van der Waals surface area contributed by atoms with Crippen LogP contribution in [-0.2, 0) is 14.2 Å². The van der Waals surface area contributed by atoms with E-state index in [1.165, 1.54) is 77.0 Å². The van der Waals surface area contributed by atoms with Crippen LogP contribution in [0.3, 0.4) is 0 Å². The first-order valence-electron chi connectivity index (χ1n) is 28.9. The first-order chi connectivity index (χ1) is 35.3. The zero-order valence-corrected chi connectivity index (χ0v) is 45.7. The molecule has 0 fully saturated rings. The van der Waals surface area contributed by atoms with Gasteiger partial charge in [-0.25, -0.2) is 4.79 Å². The molecule has 0 aliphatic rings. The number of aromatic carboxylic acids is 1. The van der Waals surface area contributed by atoms with Gasteiger partial charge in [0.05, 0.1) is 23.9 Å². The molecule has 0 aliphatic carbocycles. The van der Waals surface area contributed by atoms with Gasteiger partial charge in [-0.2, -0.15) is 0 Å². The molecule has 1 N–H and O–H groups in total. The van der Waals surface area contributed by atoms with Gasteiger partial charge < -0.3 is 33.5 Å². The van der Waals surface area contributed by atoms with Crippen LogP contribution in [-0.4, -0.2) is 29.4 Å². The zero-order valence-electron chi connectivity index (χ0n) is 45.7. The van der Waals surface area contributed by atoms with Crippen LogP contribution in [0.5, 0.6) is 17.2 Å². The smallest absolute Gasteiger partial charge is 0.335 e. The van der Waals surface area contributed by atoms with Crippen molar-refractivity contribution in [2.45, 2.75) is 252 Å². The molecule has 0 amide bonds. The van der Waals surface area contributed by atoms with Crippen molar-refractivity contribution in [3.8, 4) is 17.2 Å². The van der Waals surface area contributed by atoms with Crippen molar-refractivity contribution < 1.29 is 38.3 Å². The SMILES string of the molecule is CCCCCCCCC(CCC)OC(Oc1cc(C(=O)O)cc(OC(OC(CCC)CCCCCCCC)c2ccccc2)c1OC(OC(CCC)CCCCCCCC)c1ccccc1)c1ccccc1. The third-order valence-corrected chi connectivity index (χ3v) is 13.6. The van der Waals surface area contributed by atoms with E-state index in [0.717, 1.165) is 113 Å². The van der Waals surface area contributed by atoms with Gasteiger partial charge in [0.2, 0.25) is 24.6 Å². The molecule has 6 atom stereocenters. The first kappa shape index (κ1) is 60.2. The second kappa shape index (κ2) is 37.4. The Morgan fingerprint density at radius 2 is 0.667 bits per heavy atom. The monoisotopic (exact) mass is 993 g/mol. The predicted octanol–water partition coefficient (Wildman–Crippen LogP) is 19.4. The van der Waals surface area contributed by atoms with E-state index in [0.29, 0.717) is 0 Å². The van der Waals surface area contributed by atoms with E-state index in [4.69, 9.17) is 28.4 Å². The highest BCUT2D eigenvalue weighted by Gasteiger charge is 2.31. The van der Waals surface area contributed by atoms with E-state index in [9.17, 15) is 9.90 Å². The minimum absolute atomic E-state index is 0.00976. The Balaban J connectivity index is 1.87. The average molecular weight is 993 g/mol. The van der Waals surface area contributed by atoms with Gasteiger partial charge in [0, 0.05) is 16.7 Å². The molecule has 8 heteroatoms. The van der Waals surface area contributed by atoms with E-state index >= 15 is 0 Å². The highest BCUT2D eigenvalue weighted by molar-refractivity contribution is 5.89. The first-order valence-corrected chi connectivity index (χ1v) is 28.9. The summed E-state index contributed by atoms with van der Waals surface area (Å²) in [6.07, 6.45) is 26.8. The summed E-state index contributed by atoms with van der Waals surface area (Å²) in [5, 5.41) is 10.9. The molecule has 0 saturated carbocycles. The van der Waals surface area contributed by atoms with Gasteiger partial charge in [0.15, 0.2) is 11.5 Å². The Labute approximate surface area is 437 Å². The summed E-state index contributed by atoms with van der Waals surface area (Å²) in [6.45, 7) is 13.3. The molecule has 0 aliphatic heterocycles. The van der Waals surface area contributed by atoms with Gasteiger partial charge in [0.1, 0.15) is 0 Å². The van der Waals surface area contributed by atoms with Crippen LogP contribution in [0.4, 0.5) is 0 Å². The Bertz CT molecular complexity index is 1850. The van der Waals surface area contributed by atoms with Gasteiger partial charge in [-0.05, 0) is 50.7 Å². The molecule has 0 spiro atoms. The Morgan fingerprint density at radius 3 is 0.958 bits per heavy atom. The predicted molar refractivity (Wildman–Crippen MR) is 296 cm³/mol. The van der Waals surface area contributed by atoms with E-state index in [1.54, 1.807) is 12.1 Å². The molecule has 0 saturated heterocycles. The van der Waals surface area contributed by atoms with Crippen LogP contribution in [0.1, 0.15) is 261 Å². The minimum atomic E-state index is -1.12. The van der Waals surface area contributed by atoms with Gasteiger partial charge in [-0.3, -0.25) is 0 Å². The third-order valence-electron chi connectivity index (χ3n) is 13.6. The molecule has 4 aromatic carbocycles.